The summed E-state index contributed by atoms with van der Waals surface area (Å²) in [5.41, 5.74) is -0.358. The number of ketones is 1. The van der Waals surface area contributed by atoms with Gasteiger partial charge in [0.25, 0.3) is 5.91 Å². The van der Waals surface area contributed by atoms with E-state index < -0.39 is 17.4 Å². The van der Waals surface area contributed by atoms with Crippen molar-refractivity contribution in [3.05, 3.63) is 63.1 Å². The Morgan fingerprint density at radius 1 is 1.26 bits per heavy atom. The van der Waals surface area contributed by atoms with E-state index >= 15 is 0 Å². The van der Waals surface area contributed by atoms with Gasteiger partial charge in [0.05, 0.1) is 11.6 Å². The highest BCUT2D eigenvalue weighted by Gasteiger charge is 2.55. The van der Waals surface area contributed by atoms with E-state index in [1.807, 2.05) is 19.1 Å². The number of aliphatic hydroxyl groups is 1. The van der Waals surface area contributed by atoms with Gasteiger partial charge in [0.2, 0.25) is 0 Å². The largest absolute Gasteiger partial charge is 0.375 e. The summed E-state index contributed by atoms with van der Waals surface area (Å²) in [4.78, 5) is 27.8. The molecule has 0 radical (unpaired) electrons. The molecule has 2 aromatic carbocycles. The lowest BCUT2D eigenvalue weighted by Gasteiger charge is -2.28. The summed E-state index contributed by atoms with van der Waals surface area (Å²) in [5, 5.41) is 12.0. The van der Waals surface area contributed by atoms with Crippen LogP contribution < -0.4 is 4.90 Å². The van der Waals surface area contributed by atoms with Crippen molar-refractivity contribution in [1.29, 1.82) is 0 Å². The highest BCUT2D eigenvalue weighted by atomic mass is 79.9. The molecule has 0 saturated heterocycles. The first-order valence-electron chi connectivity index (χ1n) is 8.94. The number of fused-ring (bicyclic) bond motifs is 1. The molecule has 4 nitrogen and oxygen atoms in total. The molecule has 0 spiro atoms. The Morgan fingerprint density at radius 3 is 2.56 bits per heavy atom. The Hall–Kier alpha value is -1.69. The summed E-state index contributed by atoms with van der Waals surface area (Å²) < 4.78 is 0.746. The normalized spacial score (nSPS) is 19.9. The molecule has 0 fully saturated rings. The fraction of sp³-hybridized carbons (Fsp3) is 0.333. The van der Waals surface area contributed by atoms with Crippen molar-refractivity contribution in [1.82, 2.24) is 0 Å². The summed E-state index contributed by atoms with van der Waals surface area (Å²) in [6.07, 6.45) is 1.74. The van der Waals surface area contributed by atoms with Crippen LogP contribution in [0.3, 0.4) is 0 Å². The van der Waals surface area contributed by atoms with Crippen LogP contribution >= 0.6 is 27.5 Å². The summed E-state index contributed by atoms with van der Waals surface area (Å²) in [6.45, 7) is 4.15. The lowest BCUT2D eigenvalue weighted by molar-refractivity contribution is -0.139. The number of unbranched alkanes of at least 4 members (excludes halogenated alkanes) is 1. The lowest BCUT2D eigenvalue weighted by atomic mass is 9.79. The van der Waals surface area contributed by atoms with Gasteiger partial charge >= 0.3 is 0 Å². The number of anilines is 1. The van der Waals surface area contributed by atoms with Crippen LogP contribution in [0, 0.1) is 5.92 Å². The summed E-state index contributed by atoms with van der Waals surface area (Å²) in [7, 11) is 0. The summed E-state index contributed by atoms with van der Waals surface area (Å²) >= 11 is 9.31. The average Bonchev–Trinajstić information content (AvgIpc) is 2.87. The van der Waals surface area contributed by atoms with Gasteiger partial charge in [-0.25, -0.2) is 0 Å². The first kappa shape index (κ1) is 20.1. The summed E-state index contributed by atoms with van der Waals surface area (Å²) in [6, 6.07) is 11.8. The third-order valence-corrected chi connectivity index (χ3v) is 5.86. The van der Waals surface area contributed by atoms with Crippen LogP contribution in [0.4, 0.5) is 5.69 Å². The van der Waals surface area contributed by atoms with Gasteiger partial charge < -0.3 is 10.0 Å². The quantitative estimate of drug-likeness (QED) is 0.633. The topological polar surface area (TPSA) is 57.6 Å². The Labute approximate surface area is 172 Å². The highest BCUT2D eigenvalue weighted by Crippen LogP contribution is 2.46. The van der Waals surface area contributed by atoms with E-state index in [0.717, 1.165) is 17.3 Å². The van der Waals surface area contributed by atoms with Gasteiger partial charge in [-0.2, -0.15) is 0 Å². The van der Waals surface area contributed by atoms with Gasteiger partial charge in [0.1, 0.15) is 0 Å². The standard InChI is InChI=1S/C21H21BrClNO3/c1-3-4-11-24-18-10-7-15(22)12-17(18)21(27,20(24)26)13(2)19(25)14-5-8-16(23)9-6-14/h5-10,12-13,27H,3-4,11H2,1-2H3/t13-,21+/m0/s1. The van der Waals surface area contributed by atoms with Crippen molar-refractivity contribution in [3.63, 3.8) is 0 Å². The molecule has 0 aromatic heterocycles. The number of carbonyl (C=O) groups is 2. The second-order valence-corrected chi connectivity index (χ2v) is 8.18. The van der Waals surface area contributed by atoms with E-state index in [-0.39, 0.29) is 5.78 Å². The monoisotopic (exact) mass is 449 g/mol. The molecule has 1 N–H and O–H groups in total. The molecular formula is C21H21BrClNO3. The maximum absolute atomic E-state index is 13.2. The number of hydrogen-bond acceptors (Lipinski definition) is 3. The number of rotatable bonds is 6. The Bertz CT molecular complexity index is 883. The van der Waals surface area contributed by atoms with E-state index in [2.05, 4.69) is 15.9 Å². The molecule has 0 saturated carbocycles. The minimum Gasteiger partial charge on any atom is -0.375 e. The number of hydrogen-bond donors (Lipinski definition) is 1. The smallest absolute Gasteiger partial charge is 0.264 e. The van der Waals surface area contributed by atoms with Gasteiger partial charge in [0, 0.05) is 27.2 Å². The second-order valence-electron chi connectivity index (χ2n) is 6.83. The van der Waals surface area contributed by atoms with Crippen LogP contribution in [-0.2, 0) is 10.4 Å². The molecule has 1 heterocycles. The maximum atomic E-state index is 13.2. The van der Waals surface area contributed by atoms with Crippen molar-refractivity contribution in [2.75, 3.05) is 11.4 Å². The number of amides is 1. The van der Waals surface area contributed by atoms with Crippen molar-refractivity contribution in [3.8, 4) is 0 Å². The molecule has 2 atom stereocenters. The third kappa shape index (κ3) is 3.44. The van der Waals surface area contributed by atoms with Gasteiger partial charge in [-0.05, 0) is 48.9 Å². The van der Waals surface area contributed by atoms with Crippen molar-refractivity contribution < 1.29 is 14.7 Å². The Morgan fingerprint density at radius 2 is 1.93 bits per heavy atom. The van der Waals surface area contributed by atoms with Gasteiger partial charge in [-0.15, -0.1) is 0 Å². The summed E-state index contributed by atoms with van der Waals surface area (Å²) in [5.74, 6) is -1.68. The van der Waals surface area contributed by atoms with E-state index in [0.29, 0.717) is 28.4 Å². The van der Waals surface area contributed by atoms with Crippen LogP contribution in [0.2, 0.25) is 5.02 Å². The predicted octanol–water partition coefficient (Wildman–Crippen LogP) is 4.96. The van der Waals surface area contributed by atoms with Crippen LogP contribution in [0.25, 0.3) is 0 Å². The number of halogens is 2. The first-order valence-corrected chi connectivity index (χ1v) is 10.1. The van der Waals surface area contributed by atoms with Crippen LogP contribution in [0.1, 0.15) is 42.6 Å². The first-order chi connectivity index (χ1) is 12.8. The molecule has 27 heavy (non-hydrogen) atoms. The van der Waals surface area contributed by atoms with Crippen LogP contribution in [0.15, 0.2) is 46.9 Å². The molecule has 0 unspecified atom stereocenters. The van der Waals surface area contributed by atoms with E-state index in [1.165, 1.54) is 0 Å². The number of Topliss-reactive ketones (excluding diaryl/α,β-unsaturated/α-hetero) is 1. The minimum atomic E-state index is -1.90. The number of carbonyl (C=O) groups excluding carboxylic acids is 2. The lowest BCUT2D eigenvalue weighted by Crippen LogP contribution is -2.47. The van der Waals surface area contributed by atoms with Gasteiger partial charge in [0.15, 0.2) is 11.4 Å². The fourth-order valence-corrected chi connectivity index (χ4v) is 3.98. The zero-order valence-corrected chi connectivity index (χ0v) is 17.5. The zero-order chi connectivity index (χ0) is 19.8. The highest BCUT2D eigenvalue weighted by molar-refractivity contribution is 9.10. The van der Waals surface area contributed by atoms with Crippen molar-refractivity contribution in [2.24, 2.45) is 5.92 Å². The van der Waals surface area contributed by atoms with Gasteiger partial charge in [-0.3, -0.25) is 9.59 Å². The molecule has 1 aliphatic rings. The molecule has 142 valence electrons. The van der Waals surface area contributed by atoms with Crippen molar-refractivity contribution in [2.45, 2.75) is 32.3 Å². The molecule has 0 bridgehead atoms. The minimum absolute atomic E-state index is 0.300. The van der Waals surface area contributed by atoms with E-state index in [4.69, 9.17) is 11.6 Å². The molecule has 6 heteroatoms. The van der Waals surface area contributed by atoms with Crippen LogP contribution in [0.5, 0.6) is 0 Å². The molecule has 3 rings (SSSR count). The third-order valence-electron chi connectivity index (χ3n) is 5.12. The van der Waals surface area contributed by atoms with Gasteiger partial charge in [-0.1, -0.05) is 47.8 Å². The van der Waals surface area contributed by atoms with Crippen LogP contribution in [-0.4, -0.2) is 23.3 Å². The molecule has 1 aliphatic heterocycles. The van der Waals surface area contributed by atoms with E-state index in [1.54, 1.807) is 42.2 Å². The SMILES string of the molecule is CCCCN1C(=O)[C@@](O)([C@@H](C)C(=O)c2ccc(Cl)cc2)c2cc(Br)ccc21. The predicted molar refractivity (Wildman–Crippen MR) is 110 cm³/mol. The molecule has 1 amide bonds. The van der Waals surface area contributed by atoms with Crippen molar-refractivity contribution >= 4 is 44.9 Å². The molecule has 0 aliphatic carbocycles. The number of nitrogens with zero attached hydrogens (tertiary/aromatic N) is 1. The molecular weight excluding hydrogens is 430 g/mol. The Kier molecular flexibility index (Phi) is 5.75. The van der Waals surface area contributed by atoms with E-state index in [9.17, 15) is 14.7 Å². The Balaban J connectivity index is 2.04. The maximum Gasteiger partial charge on any atom is 0.264 e. The average molecular weight is 451 g/mol. The zero-order valence-electron chi connectivity index (χ0n) is 15.2. The molecule has 2 aromatic rings. The number of benzene rings is 2. The second kappa shape index (κ2) is 7.74. The fourth-order valence-electron chi connectivity index (χ4n) is 3.49.